The van der Waals surface area contributed by atoms with Gasteiger partial charge in [0.05, 0.1) is 12.2 Å². The lowest BCUT2D eigenvalue weighted by Crippen LogP contribution is -2.12. The van der Waals surface area contributed by atoms with Crippen LogP contribution in [0, 0.1) is 0 Å². The van der Waals surface area contributed by atoms with Crippen molar-refractivity contribution in [2.24, 2.45) is 0 Å². The van der Waals surface area contributed by atoms with Gasteiger partial charge in [-0.05, 0) is 17.7 Å². The van der Waals surface area contributed by atoms with Crippen LogP contribution >= 0.6 is 15.9 Å². The van der Waals surface area contributed by atoms with Gasteiger partial charge in [-0.1, -0.05) is 52.3 Å². The van der Waals surface area contributed by atoms with E-state index in [1.807, 2.05) is 30.3 Å². The number of rotatable bonds is 5. The topological polar surface area (TPSA) is 26.3 Å². The van der Waals surface area contributed by atoms with Crippen LogP contribution in [0.15, 0.2) is 53.0 Å². The summed E-state index contributed by atoms with van der Waals surface area (Å²) in [5, 5.41) is 0. The summed E-state index contributed by atoms with van der Waals surface area (Å²) in [5.41, 5.74) is -0.00733. The van der Waals surface area contributed by atoms with E-state index in [2.05, 4.69) is 15.9 Å². The summed E-state index contributed by atoms with van der Waals surface area (Å²) in [6, 6.07) is 12.6. The standard InChI is InChI=1S/C16H12BrF3O2/c17-14-7-6-12(8-13(14)16(18,19)20)15(21)10-22-9-11-4-2-1-3-5-11/h1-8H,9-10H2. The number of halogens is 4. The molecule has 0 spiro atoms. The molecule has 0 aromatic heterocycles. The maximum atomic E-state index is 12.8. The summed E-state index contributed by atoms with van der Waals surface area (Å²) in [7, 11) is 0. The second-order valence-electron chi connectivity index (χ2n) is 4.59. The van der Waals surface area contributed by atoms with E-state index in [4.69, 9.17) is 4.74 Å². The van der Waals surface area contributed by atoms with Gasteiger partial charge < -0.3 is 4.74 Å². The predicted molar refractivity (Wildman–Crippen MR) is 79.6 cm³/mol. The normalized spacial score (nSPS) is 11.5. The number of alkyl halides is 3. The predicted octanol–water partition coefficient (Wildman–Crippen LogP) is 4.87. The molecule has 0 N–H and O–H groups in total. The molecule has 22 heavy (non-hydrogen) atoms. The van der Waals surface area contributed by atoms with Crippen LogP contribution in [0.25, 0.3) is 0 Å². The quantitative estimate of drug-likeness (QED) is 0.700. The van der Waals surface area contributed by atoms with E-state index in [0.717, 1.165) is 11.6 Å². The second-order valence-corrected chi connectivity index (χ2v) is 5.45. The molecule has 0 aliphatic heterocycles. The number of carbonyl (C=O) groups excluding carboxylic acids is 1. The average Bonchev–Trinajstić information content (AvgIpc) is 2.47. The van der Waals surface area contributed by atoms with Crippen LogP contribution in [0.5, 0.6) is 0 Å². The van der Waals surface area contributed by atoms with Crippen LogP contribution in [0.2, 0.25) is 0 Å². The highest BCUT2D eigenvalue weighted by atomic mass is 79.9. The molecule has 0 heterocycles. The number of ketones is 1. The van der Waals surface area contributed by atoms with Crippen molar-refractivity contribution in [2.45, 2.75) is 12.8 Å². The van der Waals surface area contributed by atoms with Gasteiger partial charge in [0.15, 0.2) is 5.78 Å². The van der Waals surface area contributed by atoms with Crippen LogP contribution in [-0.2, 0) is 17.5 Å². The van der Waals surface area contributed by atoms with Crippen molar-refractivity contribution in [3.63, 3.8) is 0 Å². The Bertz CT molecular complexity index is 654. The first-order valence-corrected chi connectivity index (χ1v) is 7.19. The minimum Gasteiger partial charge on any atom is -0.369 e. The summed E-state index contributed by atoms with van der Waals surface area (Å²) in [5.74, 6) is -0.492. The molecule has 0 saturated heterocycles. The van der Waals surface area contributed by atoms with Gasteiger partial charge in [-0.2, -0.15) is 13.2 Å². The first-order chi connectivity index (χ1) is 10.4. The first kappa shape index (κ1) is 16.7. The van der Waals surface area contributed by atoms with Gasteiger partial charge >= 0.3 is 6.18 Å². The van der Waals surface area contributed by atoms with Gasteiger partial charge in [0.1, 0.15) is 6.61 Å². The third kappa shape index (κ3) is 4.42. The molecule has 2 aromatic carbocycles. The Labute approximate surface area is 134 Å². The van der Waals surface area contributed by atoms with Crippen molar-refractivity contribution in [3.8, 4) is 0 Å². The maximum absolute atomic E-state index is 12.8. The van der Waals surface area contributed by atoms with Crippen LogP contribution in [0.4, 0.5) is 13.2 Å². The number of ether oxygens (including phenoxy) is 1. The summed E-state index contributed by atoms with van der Waals surface area (Å²) >= 11 is 2.84. The monoisotopic (exact) mass is 372 g/mol. The van der Waals surface area contributed by atoms with Crippen LogP contribution in [-0.4, -0.2) is 12.4 Å². The smallest absolute Gasteiger partial charge is 0.369 e. The van der Waals surface area contributed by atoms with E-state index >= 15 is 0 Å². The molecule has 0 atom stereocenters. The van der Waals surface area contributed by atoms with Crippen LogP contribution < -0.4 is 0 Å². The zero-order valence-electron chi connectivity index (χ0n) is 11.4. The molecule has 0 aliphatic carbocycles. The molecule has 0 fully saturated rings. The molecule has 0 saturated carbocycles. The fourth-order valence-corrected chi connectivity index (χ4v) is 2.31. The molecular formula is C16H12BrF3O2. The van der Waals surface area contributed by atoms with Crippen molar-refractivity contribution in [1.82, 2.24) is 0 Å². The van der Waals surface area contributed by atoms with Gasteiger partial charge in [0, 0.05) is 10.0 Å². The van der Waals surface area contributed by atoms with Crippen molar-refractivity contribution in [3.05, 3.63) is 69.7 Å². The van der Waals surface area contributed by atoms with E-state index < -0.39 is 17.5 Å². The minimum atomic E-state index is -4.51. The largest absolute Gasteiger partial charge is 0.417 e. The molecule has 0 unspecified atom stereocenters. The summed E-state index contributed by atoms with van der Waals surface area (Å²) in [6.07, 6.45) is -4.51. The SMILES string of the molecule is O=C(COCc1ccccc1)c1ccc(Br)c(C(F)(F)F)c1. The van der Waals surface area contributed by atoms with Crippen molar-refractivity contribution in [1.29, 1.82) is 0 Å². The lowest BCUT2D eigenvalue weighted by molar-refractivity contribution is -0.138. The Hall–Kier alpha value is -1.66. The van der Waals surface area contributed by atoms with E-state index in [-0.39, 0.29) is 23.2 Å². The Balaban J connectivity index is 2.01. The highest BCUT2D eigenvalue weighted by molar-refractivity contribution is 9.10. The molecule has 0 radical (unpaired) electrons. The summed E-state index contributed by atoms with van der Waals surface area (Å²) < 4.78 is 43.5. The van der Waals surface area contributed by atoms with E-state index in [1.54, 1.807) is 0 Å². The number of carbonyl (C=O) groups is 1. The van der Waals surface area contributed by atoms with Gasteiger partial charge in [-0.25, -0.2) is 0 Å². The number of hydrogen-bond donors (Lipinski definition) is 0. The Kier molecular flexibility index (Phi) is 5.37. The fraction of sp³-hybridized carbons (Fsp3) is 0.188. The Morgan fingerprint density at radius 2 is 1.77 bits per heavy atom. The van der Waals surface area contributed by atoms with Gasteiger partial charge in [0.2, 0.25) is 0 Å². The number of Topliss-reactive ketones (excluding diaryl/α,β-unsaturated/α-hetero) is 1. The summed E-state index contributed by atoms with van der Waals surface area (Å²) in [6.45, 7) is -0.0386. The lowest BCUT2D eigenvalue weighted by Gasteiger charge is -2.11. The molecule has 0 amide bonds. The zero-order chi connectivity index (χ0) is 16.2. The van der Waals surface area contributed by atoms with Gasteiger partial charge in [-0.15, -0.1) is 0 Å². The molecule has 0 aliphatic rings. The fourth-order valence-electron chi connectivity index (χ4n) is 1.84. The first-order valence-electron chi connectivity index (χ1n) is 6.39. The number of benzene rings is 2. The average molecular weight is 373 g/mol. The molecule has 2 rings (SSSR count). The summed E-state index contributed by atoms with van der Waals surface area (Å²) in [4.78, 5) is 11.9. The number of hydrogen-bond acceptors (Lipinski definition) is 2. The Morgan fingerprint density at radius 3 is 2.41 bits per heavy atom. The molecular weight excluding hydrogens is 361 g/mol. The molecule has 2 aromatic rings. The third-order valence-electron chi connectivity index (χ3n) is 2.94. The highest BCUT2D eigenvalue weighted by Gasteiger charge is 2.33. The van der Waals surface area contributed by atoms with Crippen LogP contribution in [0.3, 0.4) is 0 Å². The van der Waals surface area contributed by atoms with Gasteiger partial charge in [0.25, 0.3) is 0 Å². The highest BCUT2D eigenvalue weighted by Crippen LogP contribution is 2.35. The van der Waals surface area contributed by atoms with E-state index in [1.165, 1.54) is 12.1 Å². The van der Waals surface area contributed by atoms with Crippen LogP contribution in [0.1, 0.15) is 21.5 Å². The molecule has 6 heteroatoms. The van der Waals surface area contributed by atoms with Crippen molar-refractivity contribution < 1.29 is 22.7 Å². The van der Waals surface area contributed by atoms with E-state index in [9.17, 15) is 18.0 Å². The minimum absolute atomic E-state index is 0.0245. The maximum Gasteiger partial charge on any atom is 0.417 e. The second kappa shape index (κ2) is 7.07. The van der Waals surface area contributed by atoms with Crippen molar-refractivity contribution in [2.75, 3.05) is 6.61 Å². The third-order valence-corrected chi connectivity index (χ3v) is 3.63. The van der Waals surface area contributed by atoms with E-state index in [0.29, 0.717) is 0 Å². The lowest BCUT2D eigenvalue weighted by atomic mass is 10.1. The molecule has 2 nitrogen and oxygen atoms in total. The Morgan fingerprint density at radius 1 is 1.09 bits per heavy atom. The van der Waals surface area contributed by atoms with Crippen molar-refractivity contribution >= 4 is 21.7 Å². The molecule has 0 bridgehead atoms. The molecule has 116 valence electrons. The van der Waals surface area contributed by atoms with Gasteiger partial charge in [-0.3, -0.25) is 4.79 Å². The zero-order valence-corrected chi connectivity index (χ0v) is 12.9.